The molecule has 11 heavy (non-hydrogen) atoms. The number of carboxylic acid groups (broad SMARTS) is 2. The summed E-state index contributed by atoms with van der Waals surface area (Å²) in [4.78, 5) is 20.3. The Hall–Kier alpha value is -1.13. The second-order valence-corrected chi connectivity index (χ2v) is 2.48. The minimum absolute atomic E-state index is 1.09. The molecule has 2 N–H and O–H groups in total. The minimum atomic E-state index is -3.17. The average Bonchev–Trinajstić information content (AvgIpc) is 1.84. The van der Waals surface area contributed by atoms with Gasteiger partial charge in [0.1, 0.15) is 0 Å². The molecule has 5 heteroatoms. The van der Waals surface area contributed by atoms with E-state index >= 15 is 0 Å². The molecule has 0 bridgehead atoms. The van der Waals surface area contributed by atoms with Crippen molar-refractivity contribution in [3.63, 3.8) is 0 Å². The Morgan fingerprint density at radius 2 is 1.55 bits per heavy atom. The molecule has 0 aromatic rings. The molecule has 0 radical (unpaired) electrons. The molecule has 0 aromatic carbocycles. The van der Waals surface area contributed by atoms with Crippen molar-refractivity contribution in [1.82, 2.24) is 0 Å². The highest BCUT2D eigenvalue weighted by Crippen LogP contribution is 2.22. The van der Waals surface area contributed by atoms with Crippen LogP contribution < -0.4 is 0 Å². The van der Waals surface area contributed by atoms with Gasteiger partial charge in [-0.05, 0) is 0 Å². The summed E-state index contributed by atoms with van der Waals surface area (Å²) in [6.07, 6.45) is 0. The molecule has 0 saturated heterocycles. The van der Waals surface area contributed by atoms with Gasteiger partial charge >= 0.3 is 17.6 Å². The van der Waals surface area contributed by atoms with Gasteiger partial charge in [0.2, 0.25) is 0 Å². The monoisotopic (exact) mass is 164 g/mol. The van der Waals surface area contributed by atoms with Gasteiger partial charge in [0, 0.05) is 5.92 Å². The Bertz CT molecular complexity index is 173. The molecular weight excluding hydrogens is 155 g/mol. The zero-order valence-corrected chi connectivity index (χ0v) is 6.17. The van der Waals surface area contributed by atoms with Crippen LogP contribution in [0.3, 0.4) is 0 Å². The van der Waals surface area contributed by atoms with Crippen LogP contribution in [0.2, 0.25) is 0 Å². The molecular formula is C6H9FO4. The van der Waals surface area contributed by atoms with Gasteiger partial charge in [-0.2, -0.15) is 0 Å². The minimum Gasteiger partial charge on any atom is -0.478 e. The smallest absolute Gasteiger partial charge is 0.353 e. The Balaban J connectivity index is 4.82. The Kier molecular flexibility index (Phi) is 2.56. The van der Waals surface area contributed by atoms with Gasteiger partial charge in [-0.3, -0.25) is 0 Å². The molecule has 0 rings (SSSR count). The van der Waals surface area contributed by atoms with E-state index in [0.717, 1.165) is 0 Å². The Morgan fingerprint density at radius 1 is 1.27 bits per heavy atom. The normalized spacial score (nSPS) is 11.6. The molecule has 0 heterocycles. The largest absolute Gasteiger partial charge is 0.478 e. The maximum absolute atomic E-state index is 13.0. The summed E-state index contributed by atoms with van der Waals surface area (Å²) in [5.41, 5.74) is -3.17. The van der Waals surface area contributed by atoms with Gasteiger partial charge < -0.3 is 10.2 Å². The van der Waals surface area contributed by atoms with E-state index in [-0.39, 0.29) is 0 Å². The lowest BCUT2D eigenvalue weighted by atomic mass is 9.93. The standard InChI is InChI=1S/C6H9FO4/c1-3(2)6(7,4(8)9)5(10)11/h3H,1-2H3,(H,8,9)(H,10,11). The van der Waals surface area contributed by atoms with Crippen molar-refractivity contribution in [2.75, 3.05) is 0 Å². The highest BCUT2D eigenvalue weighted by atomic mass is 19.1. The quantitative estimate of drug-likeness (QED) is 0.596. The van der Waals surface area contributed by atoms with Crippen molar-refractivity contribution in [3.05, 3.63) is 0 Å². The van der Waals surface area contributed by atoms with Crippen LogP contribution in [-0.4, -0.2) is 27.8 Å². The number of carbonyl (C=O) groups is 2. The molecule has 0 aliphatic carbocycles. The summed E-state index contributed by atoms with van der Waals surface area (Å²) in [5, 5.41) is 16.4. The van der Waals surface area contributed by atoms with Crippen molar-refractivity contribution in [3.8, 4) is 0 Å². The number of carboxylic acids is 2. The summed E-state index contributed by atoms with van der Waals surface area (Å²) in [6, 6.07) is 0. The van der Waals surface area contributed by atoms with Crippen molar-refractivity contribution in [2.45, 2.75) is 19.5 Å². The number of alkyl halides is 1. The summed E-state index contributed by atoms with van der Waals surface area (Å²) in [6.45, 7) is 2.39. The third-order valence-corrected chi connectivity index (χ3v) is 1.42. The van der Waals surface area contributed by atoms with Gasteiger partial charge in [-0.15, -0.1) is 0 Å². The fourth-order valence-corrected chi connectivity index (χ4v) is 0.585. The Morgan fingerprint density at radius 3 is 1.55 bits per heavy atom. The molecule has 4 nitrogen and oxygen atoms in total. The van der Waals surface area contributed by atoms with Crippen molar-refractivity contribution in [1.29, 1.82) is 0 Å². The molecule has 0 atom stereocenters. The lowest BCUT2D eigenvalue weighted by molar-refractivity contribution is -0.170. The number of halogens is 1. The fourth-order valence-electron chi connectivity index (χ4n) is 0.585. The first kappa shape index (κ1) is 9.87. The van der Waals surface area contributed by atoms with Crippen LogP contribution in [0.5, 0.6) is 0 Å². The van der Waals surface area contributed by atoms with Crippen LogP contribution in [-0.2, 0) is 9.59 Å². The highest BCUT2D eigenvalue weighted by Gasteiger charge is 2.50. The zero-order chi connectivity index (χ0) is 9.23. The van der Waals surface area contributed by atoms with Crippen LogP contribution >= 0.6 is 0 Å². The van der Waals surface area contributed by atoms with E-state index in [9.17, 15) is 14.0 Å². The maximum Gasteiger partial charge on any atom is 0.353 e. The summed E-state index contributed by atoms with van der Waals surface area (Å²) >= 11 is 0. The van der Waals surface area contributed by atoms with E-state index in [4.69, 9.17) is 10.2 Å². The molecule has 0 unspecified atom stereocenters. The van der Waals surface area contributed by atoms with Gasteiger partial charge in [-0.1, -0.05) is 13.8 Å². The summed E-state index contributed by atoms with van der Waals surface area (Å²) < 4.78 is 13.0. The van der Waals surface area contributed by atoms with Gasteiger partial charge in [-0.25, -0.2) is 14.0 Å². The lowest BCUT2D eigenvalue weighted by Crippen LogP contribution is -2.46. The first-order valence-electron chi connectivity index (χ1n) is 2.99. The predicted octanol–water partition coefficient (Wildman–Crippen LogP) is 0.520. The molecule has 64 valence electrons. The number of rotatable bonds is 3. The number of aliphatic carboxylic acids is 2. The second-order valence-electron chi connectivity index (χ2n) is 2.48. The molecule has 0 amide bonds. The fraction of sp³-hybridized carbons (Fsp3) is 0.667. The highest BCUT2D eigenvalue weighted by molar-refractivity contribution is 6.01. The topological polar surface area (TPSA) is 74.6 Å². The average molecular weight is 164 g/mol. The SMILES string of the molecule is CC(C)C(F)(C(=O)O)C(=O)O. The molecule has 0 saturated carbocycles. The third kappa shape index (κ3) is 1.47. The number of hydrogen-bond acceptors (Lipinski definition) is 2. The van der Waals surface area contributed by atoms with Gasteiger partial charge in [0.15, 0.2) is 0 Å². The molecule has 0 fully saturated rings. The lowest BCUT2D eigenvalue weighted by Gasteiger charge is -2.18. The molecule has 0 aromatic heterocycles. The molecule has 0 spiro atoms. The van der Waals surface area contributed by atoms with E-state index in [1.807, 2.05) is 0 Å². The predicted molar refractivity (Wildman–Crippen MR) is 33.9 cm³/mol. The van der Waals surface area contributed by atoms with Crippen LogP contribution in [0.25, 0.3) is 0 Å². The van der Waals surface area contributed by atoms with E-state index in [1.54, 1.807) is 0 Å². The van der Waals surface area contributed by atoms with E-state index in [0.29, 0.717) is 0 Å². The number of hydrogen-bond donors (Lipinski definition) is 2. The van der Waals surface area contributed by atoms with E-state index in [1.165, 1.54) is 13.8 Å². The van der Waals surface area contributed by atoms with Crippen molar-refractivity contribution in [2.24, 2.45) is 5.92 Å². The van der Waals surface area contributed by atoms with Crippen LogP contribution in [0.1, 0.15) is 13.8 Å². The summed E-state index contributed by atoms with van der Waals surface area (Å²) in [5.74, 6) is -5.00. The van der Waals surface area contributed by atoms with Crippen LogP contribution in [0, 0.1) is 5.92 Å². The first-order chi connectivity index (χ1) is 4.83. The second kappa shape index (κ2) is 2.86. The maximum atomic E-state index is 13.0. The van der Waals surface area contributed by atoms with E-state index < -0.39 is 23.5 Å². The molecule has 0 aliphatic heterocycles. The van der Waals surface area contributed by atoms with Crippen molar-refractivity contribution >= 4 is 11.9 Å². The van der Waals surface area contributed by atoms with Gasteiger partial charge in [0.25, 0.3) is 0 Å². The third-order valence-electron chi connectivity index (χ3n) is 1.42. The summed E-state index contributed by atoms with van der Waals surface area (Å²) in [7, 11) is 0. The zero-order valence-electron chi connectivity index (χ0n) is 6.17. The van der Waals surface area contributed by atoms with E-state index in [2.05, 4.69) is 0 Å². The van der Waals surface area contributed by atoms with Crippen molar-refractivity contribution < 1.29 is 24.2 Å². The molecule has 0 aliphatic rings. The Labute approximate surface area is 62.6 Å². The van der Waals surface area contributed by atoms with Crippen LogP contribution in [0.4, 0.5) is 4.39 Å². The van der Waals surface area contributed by atoms with Crippen LogP contribution in [0.15, 0.2) is 0 Å². The van der Waals surface area contributed by atoms with Gasteiger partial charge in [0.05, 0.1) is 0 Å². The first-order valence-corrected chi connectivity index (χ1v) is 2.99.